The number of likely N-dealkylation sites (N-methyl/N-ethyl adjacent to an activating group) is 1. The molecule has 0 bridgehead atoms. The van der Waals surface area contributed by atoms with E-state index in [4.69, 9.17) is 9.47 Å². The summed E-state index contributed by atoms with van der Waals surface area (Å²) in [5.74, 6) is -0.452. The highest BCUT2D eigenvalue weighted by Crippen LogP contribution is 2.33. The molecule has 1 aliphatic rings. The number of halogens is 3. The molecule has 3 rings (SSSR count). The van der Waals surface area contributed by atoms with E-state index in [1.807, 2.05) is 0 Å². The molecule has 0 aliphatic carbocycles. The van der Waals surface area contributed by atoms with Gasteiger partial charge in [0, 0.05) is 6.54 Å². The molecule has 30 heavy (non-hydrogen) atoms. The first-order valence-corrected chi connectivity index (χ1v) is 9.17. The summed E-state index contributed by atoms with van der Waals surface area (Å²) in [6.07, 6.45) is -5.32. The number of rotatable bonds is 5. The minimum Gasteiger partial charge on any atom is -0.475 e. The molecule has 1 atom stereocenters. The van der Waals surface area contributed by atoms with Gasteiger partial charge < -0.3 is 14.4 Å². The van der Waals surface area contributed by atoms with E-state index in [0.29, 0.717) is 17.0 Å². The first-order chi connectivity index (χ1) is 14.2. The summed E-state index contributed by atoms with van der Waals surface area (Å²) in [6.45, 7) is 0.302. The summed E-state index contributed by atoms with van der Waals surface area (Å²) in [7, 11) is 2.94. The smallest absolute Gasteiger partial charge is 0.416 e. The minimum atomic E-state index is -4.39. The fraction of sp³-hybridized carbons (Fsp3) is 0.333. The SMILES string of the molecule is COC(=O)C1CN(C(=O)CN(C)Cc2ccc(C(F)(F)F)cc2)c2ccccc2O1. The summed E-state index contributed by atoms with van der Waals surface area (Å²) < 4.78 is 48.4. The highest BCUT2D eigenvalue weighted by Gasteiger charge is 2.34. The van der Waals surface area contributed by atoms with Crippen LogP contribution in [0.4, 0.5) is 18.9 Å². The second-order valence-electron chi connectivity index (χ2n) is 6.97. The summed E-state index contributed by atoms with van der Waals surface area (Å²) >= 11 is 0. The average Bonchev–Trinajstić information content (AvgIpc) is 2.71. The first-order valence-electron chi connectivity index (χ1n) is 9.17. The van der Waals surface area contributed by atoms with Crippen LogP contribution in [0, 0.1) is 0 Å². The zero-order valence-corrected chi connectivity index (χ0v) is 16.5. The molecular weight excluding hydrogens is 401 g/mol. The van der Waals surface area contributed by atoms with Crippen LogP contribution >= 0.6 is 0 Å². The Hall–Kier alpha value is -3.07. The van der Waals surface area contributed by atoms with Gasteiger partial charge in [-0.05, 0) is 36.9 Å². The lowest BCUT2D eigenvalue weighted by Crippen LogP contribution is -2.49. The number of benzene rings is 2. The van der Waals surface area contributed by atoms with Gasteiger partial charge in [0.15, 0.2) is 0 Å². The molecule has 1 unspecified atom stereocenters. The molecule has 6 nitrogen and oxygen atoms in total. The summed E-state index contributed by atoms with van der Waals surface area (Å²) in [5.41, 5.74) is 0.474. The molecule has 0 saturated carbocycles. The van der Waals surface area contributed by atoms with Crippen LogP contribution in [0.1, 0.15) is 11.1 Å². The molecule has 9 heteroatoms. The quantitative estimate of drug-likeness (QED) is 0.693. The molecule has 2 aromatic rings. The number of ether oxygens (including phenoxy) is 2. The Morgan fingerprint density at radius 3 is 2.47 bits per heavy atom. The molecule has 0 N–H and O–H groups in total. The second-order valence-corrected chi connectivity index (χ2v) is 6.97. The molecule has 0 aromatic heterocycles. The third kappa shape index (κ3) is 4.91. The van der Waals surface area contributed by atoms with Crippen LogP contribution in [0.3, 0.4) is 0 Å². The van der Waals surface area contributed by atoms with Crippen LogP contribution in [0.5, 0.6) is 5.75 Å². The monoisotopic (exact) mass is 422 g/mol. The maximum atomic E-state index is 12.9. The van der Waals surface area contributed by atoms with Crippen molar-refractivity contribution in [1.82, 2.24) is 4.90 Å². The Labute approximate surface area is 171 Å². The van der Waals surface area contributed by atoms with Crippen LogP contribution in [-0.4, -0.2) is 50.1 Å². The normalized spacial score (nSPS) is 16.1. The zero-order valence-electron chi connectivity index (χ0n) is 16.5. The van der Waals surface area contributed by atoms with Crippen molar-refractivity contribution >= 4 is 17.6 Å². The topological polar surface area (TPSA) is 59.1 Å². The van der Waals surface area contributed by atoms with E-state index in [-0.39, 0.29) is 25.5 Å². The molecule has 0 spiro atoms. The summed E-state index contributed by atoms with van der Waals surface area (Å²) in [4.78, 5) is 28.0. The number of amides is 1. The van der Waals surface area contributed by atoms with Gasteiger partial charge in [-0.3, -0.25) is 9.69 Å². The largest absolute Gasteiger partial charge is 0.475 e. The predicted octanol–water partition coefficient (Wildman–Crippen LogP) is 3.10. The Morgan fingerprint density at radius 2 is 1.83 bits per heavy atom. The van der Waals surface area contributed by atoms with Gasteiger partial charge in [-0.15, -0.1) is 0 Å². The Morgan fingerprint density at radius 1 is 1.17 bits per heavy atom. The van der Waals surface area contributed by atoms with E-state index < -0.39 is 23.8 Å². The van der Waals surface area contributed by atoms with Crippen LogP contribution in [0.2, 0.25) is 0 Å². The lowest BCUT2D eigenvalue weighted by Gasteiger charge is -2.34. The molecule has 1 aliphatic heterocycles. The van der Waals surface area contributed by atoms with Crippen molar-refractivity contribution in [2.75, 3.05) is 32.1 Å². The molecule has 0 saturated heterocycles. The number of methoxy groups -OCH3 is 1. The van der Waals surface area contributed by atoms with Gasteiger partial charge in [-0.2, -0.15) is 13.2 Å². The van der Waals surface area contributed by atoms with Crippen molar-refractivity contribution < 1.29 is 32.2 Å². The number of alkyl halides is 3. The van der Waals surface area contributed by atoms with E-state index in [2.05, 4.69) is 0 Å². The van der Waals surface area contributed by atoms with E-state index in [0.717, 1.165) is 12.1 Å². The van der Waals surface area contributed by atoms with Gasteiger partial charge in [0.05, 0.1) is 31.5 Å². The Balaban J connectivity index is 1.69. The number of esters is 1. The summed E-state index contributed by atoms with van der Waals surface area (Å²) in [6, 6.07) is 11.7. The number of carbonyl (C=O) groups is 2. The van der Waals surface area contributed by atoms with Gasteiger partial charge in [-0.1, -0.05) is 24.3 Å². The molecular formula is C21H21F3N2O4. The first kappa shape index (κ1) is 21.6. The van der Waals surface area contributed by atoms with Gasteiger partial charge >= 0.3 is 12.1 Å². The van der Waals surface area contributed by atoms with Gasteiger partial charge in [0.25, 0.3) is 0 Å². The third-order valence-corrected chi connectivity index (χ3v) is 4.68. The average molecular weight is 422 g/mol. The van der Waals surface area contributed by atoms with Gasteiger partial charge in [0.2, 0.25) is 12.0 Å². The van der Waals surface area contributed by atoms with Crippen LogP contribution < -0.4 is 9.64 Å². The molecule has 1 amide bonds. The third-order valence-electron chi connectivity index (χ3n) is 4.68. The number of fused-ring (bicyclic) bond motifs is 1. The number of anilines is 1. The van der Waals surface area contributed by atoms with Crippen LogP contribution in [0.25, 0.3) is 0 Å². The second kappa shape index (κ2) is 8.74. The number of carbonyl (C=O) groups excluding carboxylic acids is 2. The lowest BCUT2D eigenvalue weighted by atomic mass is 10.1. The zero-order chi connectivity index (χ0) is 21.9. The van der Waals surface area contributed by atoms with Gasteiger partial charge in [0.1, 0.15) is 5.75 Å². The maximum Gasteiger partial charge on any atom is 0.416 e. The standard InChI is InChI=1S/C21H21F3N2O4/c1-25(11-14-7-9-15(10-8-14)21(22,23)24)13-19(27)26-12-18(20(28)29-2)30-17-6-4-3-5-16(17)26/h3-10,18H,11-13H2,1-2H3. The van der Waals surface area contributed by atoms with E-state index in [1.54, 1.807) is 36.2 Å². The molecule has 0 radical (unpaired) electrons. The number of para-hydroxylation sites is 2. The van der Waals surface area contributed by atoms with Crippen molar-refractivity contribution in [2.24, 2.45) is 0 Å². The predicted molar refractivity (Wildman–Crippen MR) is 103 cm³/mol. The maximum absolute atomic E-state index is 12.9. The molecule has 160 valence electrons. The Bertz CT molecular complexity index is 915. The van der Waals surface area contributed by atoms with E-state index in [1.165, 1.54) is 24.1 Å². The van der Waals surface area contributed by atoms with Crippen LogP contribution in [-0.2, 0) is 27.0 Å². The van der Waals surface area contributed by atoms with Crippen LogP contribution in [0.15, 0.2) is 48.5 Å². The molecule has 0 fully saturated rings. The highest BCUT2D eigenvalue weighted by atomic mass is 19.4. The minimum absolute atomic E-state index is 0.00322. The number of hydrogen-bond acceptors (Lipinski definition) is 5. The Kier molecular flexibility index (Phi) is 6.31. The highest BCUT2D eigenvalue weighted by molar-refractivity contribution is 5.98. The van der Waals surface area contributed by atoms with Crippen molar-refractivity contribution in [3.05, 3.63) is 59.7 Å². The fourth-order valence-corrected chi connectivity index (χ4v) is 3.21. The summed E-state index contributed by atoms with van der Waals surface area (Å²) in [5, 5.41) is 0. The van der Waals surface area contributed by atoms with Crippen molar-refractivity contribution in [3.63, 3.8) is 0 Å². The number of hydrogen-bond donors (Lipinski definition) is 0. The number of nitrogens with zero attached hydrogens (tertiary/aromatic N) is 2. The van der Waals surface area contributed by atoms with E-state index in [9.17, 15) is 22.8 Å². The molecule has 1 heterocycles. The van der Waals surface area contributed by atoms with Crippen molar-refractivity contribution in [1.29, 1.82) is 0 Å². The fourth-order valence-electron chi connectivity index (χ4n) is 3.21. The van der Waals surface area contributed by atoms with Crippen molar-refractivity contribution in [2.45, 2.75) is 18.8 Å². The van der Waals surface area contributed by atoms with E-state index >= 15 is 0 Å². The lowest BCUT2D eigenvalue weighted by molar-refractivity contribution is -0.148. The van der Waals surface area contributed by atoms with Crippen molar-refractivity contribution in [3.8, 4) is 5.75 Å². The molecule has 2 aromatic carbocycles. The van der Waals surface area contributed by atoms with Gasteiger partial charge in [-0.25, -0.2) is 4.79 Å².